The van der Waals surface area contributed by atoms with Gasteiger partial charge in [-0.1, -0.05) is 6.07 Å². The number of fused-ring (bicyclic) bond motifs is 1. The topological polar surface area (TPSA) is 46.9 Å². The Bertz CT molecular complexity index is 1020. The number of benzene rings is 2. The van der Waals surface area contributed by atoms with Crippen LogP contribution in [0.5, 0.6) is 11.5 Å². The van der Waals surface area contributed by atoms with E-state index < -0.39 is 0 Å². The van der Waals surface area contributed by atoms with Crippen LogP contribution in [0.4, 0.5) is 0 Å². The molecule has 0 aliphatic carbocycles. The quantitative estimate of drug-likeness (QED) is 0.469. The molecule has 0 unspecified atom stereocenters. The van der Waals surface area contributed by atoms with Crippen LogP contribution < -0.4 is 15.0 Å². The summed E-state index contributed by atoms with van der Waals surface area (Å²) in [6.07, 6.45) is 1.01. The van der Waals surface area contributed by atoms with Crippen LogP contribution in [0, 0.1) is 0 Å². The molecule has 0 amide bonds. The maximum absolute atomic E-state index is 12.8. The molecule has 0 spiro atoms. The van der Waals surface area contributed by atoms with Crippen molar-refractivity contribution in [3.8, 4) is 11.5 Å². The summed E-state index contributed by atoms with van der Waals surface area (Å²) in [5.41, 5.74) is 1.51. The zero-order valence-corrected chi connectivity index (χ0v) is 19.4. The summed E-state index contributed by atoms with van der Waals surface area (Å²) in [6, 6.07) is 14.5. The number of nitrogens with zero attached hydrogens (tertiary/aromatic N) is 3. The summed E-state index contributed by atoms with van der Waals surface area (Å²) in [5, 5.41) is 0.766. The molecule has 0 saturated carbocycles. The fourth-order valence-electron chi connectivity index (χ4n) is 4.00. The maximum atomic E-state index is 12.8. The van der Waals surface area contributed by atoms with E-state index >= 15 is 0 Å². The van der Waals surface area contributed by atoms with E-state index in [4.69, 9.17) is 9.47 Å². The van der Waals surface area contributed by atoms with Crippen molar-refractivity contribution >= 4 is 24.4 Å². The Balaban J connectivity index is 1.29. The summed E-state index contributed by atoms with van der Waals surface area (Å²) >= 11 is 0.0142. The number of hydrogen-bond acceptors (Lipinski definition) is 5. The molecule has 0 bridgehead atoms. The van der Waals surface area contributed by atoms with Gasteiger partial charge < -0.3 is 0 Å². The molecule has 160 valence electrons. The van der Waals surface area contributed by atoms with Crippen molar-refractivity contribution in [1.29, 1.82) is 0 Å². The molecule has 1 aliphatic heterocycles. The summed E-state index contributed by atoms with van der Waals surface area (Å²) in [7, 11) is 3.23. The fourth-order valence-corrected chi connectivity index (χ4v) is 6.18. The number of rotatable bonds is 8. The van der Waals surface area contributed by atoms with Crippen molar-refractivity contribution in [2.45, 2.75) is 19.5 Å². The van der Waals surface area contributed by atoms with Gasteiger partial charge in [0.15, 0.2) is 0 Å². The Morgan fingerprint density at radius 1 is 0.900 bits per heavy atom. The van der Waals surface area contributed by atoms with Gasteiger partial charge in [-0.25, -0.2) is 0 Å². The summed E-state index contributed by atoms with van der Waals surface area (Å²) < 4.78 is 13.8. The van der Waals surface area contributed by atoms with Crippen molar-refractivity contribution in [3.05, 3.63) is 58.4 Å². The van der Waals surface area contributed by atoms with E-state index in [1.54, 1.807) is 14.2 Å². The van der Waals surface area contributed by atoms with Crippen molar-refractivity contribution in [2.24, 2.45) is 0 Å². The van der Waals surface area contributed by atoms with Gasteiger partial charge in [-0.3, -0.25) is 0 Å². The molecule has 1 saturated heterocycles. The second-order valence-electron chi connectivity index (χ2n) is 7.66. The van der Waals surface area contributed by atoms with Crippen LogP contribution in [0.1, 0.15) is 12.0 Å². The van der Waals surface area contributed by atoms with E-state index in [0.717, 1.165) is 61.9 Å². The van der Waals surface area contributed by atoms with E-state index in [2.05, 4.69) is 40.1 Å². The summed E-state index contributed by atoms with van der Waals surface area (Å²) in [6.45, 7) is 7.29. The van der Waals surface area contributed by atoms with Gasteiger partial charge in [-0.2, -0.15) is 0 Å². The van der Waals surface area contributed by atoms with Crippen LogP contribution in [0.2, 0.25) is 0 Å². The molecule has 3 aromatic rings. The zero-order valence-electron chi connectivity index (χ0n) is 17.7. The Hall–Kier alpha value is -2.05. The summed E-state index contributed by atoms with van der Waals surface area (Å²) in [5.74, 6) is 1.32. The Labute approximate surface area is 183 Å². The number of methoxy groups -OCH3 is 2. The SMILES string of the molecule is COc1cc2[se]n(CCCN3CCN(Cc4ccccc4)CC3)c(=O)c2cc1OC. The molecule has 1 aromatic heterocycles. The van der Waals surface area contributed by atoms with Crippen LogP contribution in [0.3, 0.4) is 0 Å². The predicted molar refractivity (Wildman–Crippen MR) is 121 cm³/mol. The van der Waals surface area contributed by atoms with Crippen LogP contribution in [-0.2, 0) is 13.1 Å². The first-order valence-corrected chi connectivity index (χ1v) is 12.0. The van der Waals surface area contributed by atoms with Crippen molar-refractivity contribution in [1.82, 2.24) is 13.4 Å². The van der Waals surface area contributed by atoms with Crippen molar-refractivity contribution in [2.75, 3.05) is 46.9 Å². The van der Waals surface area contributed by atoms with E-state index in [9.17, 15) is 4.79 Å². The molecular weight excluding hydrogens is 445 g/mol. The number of ether oxygens (including phenoxy) is 2. The van der Waals surface area contributed by atoms with Gasteiger partial charge in [0, 0.05) is 0 Å². The molecule has 30 heavy (non-hydrogen) atoms. The molecule has 1 fully saturated rings. The van der Waals surface area contributed by atoms with Crippen LogP contribution in [0.15, 0.2) is 47.3 Å². The molecule has 0 N–H and O–H groups in total. The van der Waals surface area contributed by atoms with Crippen LogP contribution in [0.25, 0.3) is 9.65 Å². The average Bonchev–Trinajstić information content (AvgIpc) is 3.09. The summed E-state index contributed by atoms with van der Waals surface area (Å²) in [4.78, 5) is 17.8. The van der Waals surface area contributed by atoms with Crippen LogP contribution >= 0.6 is 0 Å². The molecular formula is C23H29N3O3Se. The minimum atomic E-state index is 0.0142. The third-order valence-electron chi connectivity index (χ3n) is 5.70. The predicted octanol–water partition coefficient (Wildman–Crippen LogP) is 2.28. The van der Waals surface area contributed by atoms with E-state index in [-0.39, 0.29) is 20.3 Å². The first kappa shape index (κ1) is 21.2. The van der Waals surface area contributed by atoms with E-state index in [1.165, 1.54) is 5.56 Å². The Morgan fingerprint density at radius 3 is 2.27 bits per heavy atom. The Morgan fingerprint density at radius 2 is 1.57 bits per heavy atom. The molecule has 0 radical (unpaired) electrons. The van der Waals surface area contributed by atoms with Gasteiger partial charge in [0.05, 0.1) is 0 Å². The second-order valence-corrected chi connectivity index (χ2v) is 9.89. The fraction of sp³-hybridized carbons (Fsp3) is 0.435. The Kier molecular flexibility index (Phi) is 6.95. The van der Waals surface area contributed by atoms with Gasteiger partial charge in [-0.05, 0) is 0 Å². The van der Waals surface area contributed by atoms with Gasteiger partial charge >= 0.3 is 177 Å². The third-order valence-corrected chi connectivity index (χ3v) is 8.02. The third kappa shape index (κ3) is 4.81. The van der Waals surface area contributed by atoms with Gasteiger partial charge in [0.1, 0.15) is 0 Å². The second kappa shape index (κ2) is 9.84. The minimum absolute atomic E-state index is 0.0142. The van der Waals surface area contributed by atoms with Gasteiger partial charge in [0.25, 0.3) is 0 Å². The molecule has 0 atom stereocenters. The first-order chi connectivity index (χ1) is 14.7. The van der Waals surface area contributed by atoms with E-state index in [0.29, 0.717) is 11.5 Å². The van der Waals surface area contributed by atoms with E-state index in [1.807, 2.05) is 15.7 Å². The average molecular weight is 474 g/mol. The number of aromatic nitrogens is 1. The number of hydrogen-bond donors (Lipinski definition) is 0. The first-order valence-electron chi connectivity index (χ1n) is 10.4. The molecule has 6 nitrogen and oxygen atoms in total. The van der Waals surface area contributed by atoms with Gasteiger partial charge in [-0.15, -0.1) is 0 Å². The molecule has 2 heterocycles. The van der Waals surface area contributed by atoms with Crippen LogP contribution in [-0.4, -0.2) is 75.0 Å². The monoisotopic (exact) mass is 475 g/mol. The van der Waals surface area contributed by atoms with Gasteiger partial charge in [0.2, 0.25) is 0 Å². The van der Waals surface area contributed by atoms with Crippen molar-refractivity contribution < 1.29 is 9.47 Å². The number of aryl methyl sites for hydroxylation is 1. The number of piperazine rings is 1. The molecule has 2 aromatic carbocycles. The molecule has 1 aliphatic rings. The standard InChI is InChI=1S/C23H29N3O3Se/c1-28-20-15-19-22(16-21(20)29-2)30-26(23(19)27)10-6-9-24-11-13-25(14-12-24)17-18-7-4-3-5-8-18/h3-5,7-8,15-16H,6,9-14,17H2,1-2H3. The zero-order chi connectivity index (χ0) is 20.9. The normalized spacial score (nSPS) is 15.5. The molecule has 4 rings (SSSR count). The van der Waals surface area contributed by atoms with Crippen molar-refractivity contribution in [3.63, 3.8) is 0 Å². The molecule has 7 heteroatoms.